The summed E-state index contributed by atoms with van der Waals surface area (Å²) in [6, 6.07) is 3.00. The minimum Gasteiger partial charge on any atom is -0.388 e. The van der Waals surface area contributed by atoms with E-state index in [1.807, 2.05) is 0 Å². The van der Waals surface area contributed by atoms with Crippen LogP contribution in [0.1, 0.15) is 48.2 Å². The highest BCUT2D eigenvalue weighted by atomic mass is 35.5. The molecule has 2 aliphatic heterocycles. The van der Waals surface area contributed by atoms with Crippen molar-refractivity contribution < 1.29 is 55.5 Å². The van der Waals surface area contributed by atoms with E-state index in [4.69, 9.17) is 21.1 Å². The zero-order valence-electron chi connectivity index (χ0n) is 23.6. The highest BCUT2D eigenvalue weighted by Gasteiger charge is 2.56. The molecule has 1 aromatic carbocycles. The van der Waals surface area contributed by atoms with E-state index in [1.54, 1.807) is 0 Å². The normalized spacial score (nSPS) is 29.8. The van der Waals surface area contributed by atoms with Gasteiger partial charge in [-0.1, -0.05) is 11.6 Å². The quantitative estimate of drug-likeness (QED) is 0.223. The second-order valence-corrected chi connectivity index (χ2v) is 13.3. The van der Waals surface area contributed by atoms with Gasteiger partial charge in [-0.25, -0.2) is 17.6 Å². The minimum absolute atomic E-state index is 0.0877. The fourth-order valence-electron chi connectivity index (χ4n) is 6.24. The largest absolute Gasteiger partial charge is 0.418 e. The Morgan fingerprint density at radius 1 is 1.04 bits per heavy atom. The number of benzene rings is 1. The van der Waals surface area contributed by atoms with E-state index in [0.717, 1.165) is 24.4 Å². The van der Waals surface area contributed by atoms with E-state index in [0.29, 0.717) is 11.8 Å². The van der Waals surface area contributed by atoms with Crippen LogP contribution in [0, 0.1) is 11.6 Å². The monoisotopic (exact) mass is 697 g/mol. The lowest BCUT2D eigenvalue weighted by atomic mass is 9.79. The zero-order valence-corrected chi connectivity index (χ0v) is 25.1. The molecule has 3 aliphatic rings. The topological polar surface area (TPSA) is 110 Å². The molecule has 3 aromatic rings. The van der Waals surface area contributed by atoms with Crippen LogP contribution in [0.25, 0.3) is 11.1 Å². The van der Waals surface area contributed by atoms with Crippen LogP contribution in [0.3, 0.4) is 0 Å². The SMILES string of the molecule is OC1CO[C@H]2C1O[C@@H](S[C@H](c1ncccc1C(F)(F)F)C1(O)CCC(F)(F)CC1)C(O)C2n1cc(-c2ccc(Cl)c(F)c2F)cn1. The molecular formula is C29H27ClF7N3O5S. The highest BCUT2D eigenvalue weighted by molar-refractivity contribution is 8.00. The van der Waals surface area contributed by atoms with Crippen molar-refractivity contribution in [2.24, 2.45) is 0 Å². The van der Waals surface area contributed by atoms with Gasteiger partial charge in [-0.3, -0.25) is 9.67 Å². The molecule has 0 spiro atoms. The van der Waals surface area contributed by atoms with Gasteiger partial charge in [-0.05, 0) is 37.1 Å². The van der Waals surface area contributed by atoms with Gasteiger partial charge in [0.1, 0.15) is 35.9 Å². The van der Waals surface area contributed by atoms with E-state index in [1.165, 1.54) is 23.1 Å². The zero-order chi connectivity index (χ0) is 33.2. The van der Waals surface area contributed by atoms with Crippen LogP contribution in [0.4, 0.5) is 30.7 Å². The first-order valence-electron chi connectivity index (χ1n) is 14.2. The molecule has 46 heavy (non-hydrogen) atoms. The molecule has 2 saturated heterocycles. The Morgan fingerprint density at radius 2 is 1.76 bits per heavy atom. The third-order valence-corrected chi connectivity index (χ3v) is 10.6. The van der Waals surface area contributed by atoms with Crippen molar-refractivity contribution in [3.63, 3.8) is 0 Å². The van der Waals surface area contributed by atoms with Crippen molar-refractivity contribution in [3.05, 3.63) is 70.8 Å². The third-order valence-electron chi connectivity index (χ3n) is 8.67. The predicted octanol–water partition coefficient (Wildman–Crippen LogP) is 5.70. The van der Waals surface area contributed by atoms with Gasteiger partial charge < -0.3 is 24.8 Å². The second kappa shape index (κ2) is 12.2. The van der Waals surface area contributed by atoms with Gasteiger partial charge in [0.05, 0.1) is 39.9 Å². The van der Waals surface area contributed by atoms with Crippen molar-refractivity contribution in [1.29, 1.82) is 0 Å². The maximum absolute atomic E-state index is 14.7. The number of alkyl halides is 5. The summed E-state index contributed by atoms with van der Waals surface area (Å²) in [5.41, 5.74) is -5.53. The average Bonchev–Trinajstić information content (AvgIpc) is 3.63. The fraction of sp³-hybridized carbons (Fsp3) is 0.517. The van der Waals surface area contributed by atoms with Crippen LogP contribution in [0.5, 0.6) is 0 Å². The summed E-state index contributed by atoms with van der Waals surface area (Å²) in [4.78, 5) is 3.92. The van der Waals surface area contributed by atoms with Crippen LogP contribution < -0.4 is 0 Å². The Kier molecular flexibility index (Phi) is 8.87. The smallest absolute Gasteiger partial charge is 0.388 e. The number of rotatable bonds is 6. The molecular weight excluding hydrogens is 671 g/mol. The van der Waals surface area contributed by atoms with Gasteiger partial charge in [-0.15, -0.1) is 11.8 Å². The van der Waals surface area contributed by atoms with E-state index >= 15 is 0 Å². The van der Waals surface area contributed by atoms with Crippen LogP contribution in [0.15, 0.2) is 42.9 Å². The van der Waals surface area contributed by atoms with E-state index < -0.39 is 112 Å². The molecule has 0 radical (unpaired) electrons. The first-order valence-corrected chi connectivity index (χ1v) is 15.5. The summed E-state index contributed by atoms with van der Waals surface area (Å²) in [6.07, 6.45) is -9.16. The Labute approximate surface area is 266 Å². The number of pyridine rings is 1. The summed E-state index contributed by atoms with van der Waals surface area (Å²) >= 11 is 6.22. The van der Waals surface area contributed by atoms with Crippen LogP contribution in [-0.4, -0.2) is 78.1 Å². The molecule has 1 aliphatic carbocycles. The summed E-state index contributed by atoms with van der Waals surface area (Å²) < 4.78 is 113. The van der Waals surface area contributed by atoms with Crippen LogP contribution >= 0.6 is 23.4 Å². The van der Waals surface area contributed by atoms with Gasteiger partial charge in [0, 0.05) is 36.4 Å². The van der Waals surface area contributed by atoms with Gasteiger partial charge in [-0.2, -0.15) is 18.3 Å². The minimum atomic E-state index is -4.92. The number of aliphatic hydroxyl groups excluding tert-OH is 2. The number of ether oxygens (including phenoxy) is 2. The predicted molar refractivity (Wildman–Crippen MR) is 150 cm³/mol. The standard InChI is InChI=1S/C29H27ClF7N3O5S/c30-16-4-3-14(18(31)19(16)32)13-10-39-40(11-13)21-22(42)26(45-23-17(41)12-44-24(21)23)46-25(27(43)5-7-28(33,34)8-6-27)20-15(29(35,36)37)2-1-9-38-20/h1-4,9-11,17,21-26,41-43H,5-8,12H2/t17?,21?,22?,23?,24-,25-,26+/m1/s1. The lowest BCUT2D eigenvalue weighted by Gasteiger charge is -2.46. The van der Waals surface area contributed by atoms with Crippen molar-refractivity contribution in [3.8, 4) is 11.1 Å². The second-order valence-electron chi connectivity index (χ2n) is 11.7. The maximum Gasteiger partial charge on any atom is 0.418 e. The van der Waals surface area contributed by atoms with Gasteiger partial charge >= 0.3 is 6.18 Å². The van der Waals surface area contributed by atoms with Crippen molar-refractivity contribution >= 4 is 23.4 Å². The molecule has 0 amide bonds. The summed E-state index contributed by atoms with van der Waals surface area (Å²) in [5.74, 6) is -5.66. The average molecular weight is 698 g/mol. The van der Waals surface area contributed by atoms with E-state index in [-0.39, 0.29) is 17.7 Å². The number of hydrogen-bond acceptors (Lipinski definition) is 8. The lowest BCUT2D eigenvalue weighted by Crippen LogP contribution is -2.55. The maximum atomic E-state index is 14.7. The third kappa shape index (κ3) is 6.13. The van der Waals surface area contributed by atoms with E-state index in [2.05, 4.69) is 10.1 Å². The molecule has 250 valence electrons. The number of aliphatic hydroxyl groups is 3. The highest BCUT2D eigenvalue weighted by Crippen LogP contribution is 2.54. The molecule has 3 N–H and O–H groups in total. The number of hydrogen-bond donors (Lipinski definition) is 3. The van der Waals surface area contributed by atoms with Crippen LogP contribution in [-0.2, 0) is 15.7 Å². The number of halogens is 8. The fourth-order valence-corrected chi connectivity index (χ4v) is 7.97. The van der Waals surface area contributed by atoms with Gasteiger partial charge in [0.25, 0.3) is 0 Å². The summed E-state index contributed by atoms with van der Waals surface area (Å²) in [7, 11) is 0. The molecule has 4 unspecified atom stereocenters. The van der Waals surface area contributed by atoms with Crippen molar-refractivity contribution in [2.75, 3.05) is 6.61 Å². The van der Waals surface area contributed by atoms with Gasteiger partial charge in [0.15, 0.2) is 11.6 Å². The molecule has 6 rings (SSSR count). The summed E-state index contributed by atoms with van der Waals surface area (Å²) in [6.45, 7) is -0.234. The number of fused-ring (bicyclic) bond motifs is 1. The van der Waals surface area contributed by atoms with E-state index in [9.17, 15) is 46.1 Å². The Morgan fingerprint density at radius 3 is 2.46 bits per heavy atom. The lowest BCUT2D eigenvalue weighted by molar-refractivity contribution is -0.162. The first-order chi connectivity index (χ1) is 21.6. The number of aromatic nitrogens is 3. The van der Waals surface area contributed by atoms with Crippen LogP contribution in [0.2, 0.25) is 5.02 Å². The summed E-state index contributed by atoms with van der Waals surface area (Å²) in [5, 5.41) is 36.1. The number of nitrogens with zero attached hydrogens (tertiary/aromatic N) is 3. The molecule has 17 heteroatoms. The Bertz CT molecular complexity index is 1590. The number of thioether (sulfide) groups is 1. The van der Waals surface area contributed by atoms with Crippen molar-refractivity contribution in [1.82, 2.24) is 14.8 Å². The molecule has 3 fully saturated rings. The molecule has 0 bridgehead atoms. The Hall–Kier alpha value is -2.47. The first kappa shape index (κ1) is 33.4. The van der Waals surface area contributed by atoms with Crippen molar-refractivity contribution in [2.45, 2.75) is 84.5 Å². The molecule has 4 heterocycles. The Balaban J connectivity index is 1.38. The molecule has 2 aromatic heterocycles. The van der Waals surface area contributed by atoms with Gasteiger partial charge in [0.2, 0.25) is 5.92 Å². The molecule has 7 atom stereocenters. The molecule has 1 saturated carbocycles. The molecule has 8 nitrogen and oxygen atoms in total.